The van der Waals surface area contributed by atoms with Crippen molar-refractivity contribution < 1.29 is 24.0 Å². The highest BCUT2D eigenvalue weighted by Gasteiger charge is 2.45. The van der Waals surface area contributed by atoms with Gasteiger partial charge in [0.15, 0.2) is 18.4 Å². The number of alkyl halides is 1. The second kappa shape index (κ2) is 13.4. The van der Waals surface area contributed by atoms with Crippen LogP contribution in [0.1, 0.15) is 52.4 Å². The summed E-state index contributed by atoms with van der Waals surface area (Å²) in [5, 5.41) is 30.8. The van der Waals surface area contributed by atoms with Crippen molar-refractivity contribution in [1.29, 1.82) is 0 Å². The van der Waals surface area contributed by atoms with Gasteiger partial charge in [0.25, 0.3) is 0 Å². The van der Waals surface area contributed by atoms with Gasteiger partial charge in [-0.25, -0.2) is 8.97 Å². The van der Waals surface area contributed by atoms with Crippen molar-refractivity contribution in [1.82, 2.24) is 20.9 Å². The lowest BCUT2D eigenvalue weighted by atomic mass is 9.91. The van der Waals surface area contributed by atoms with Gasteiger partial charge < -0.3 is 27.0 Å². The Morgan fingerprint density at radius 2 is 1.97 bits per heavy atom. The molecule has 9 N–H and O–H groups in total. The zero-order valence-electron chi connectivity index (χ0n) is 21.3. The minimum Gasteiger partial charge on any atom is -0.481 e. The molecule has 6 atom stereocenters. The number of nitrogens with one attached hydrogen (secondary N) is 3. The number of piperidine rings is 2. The first-order valence-electron chi connectivity index (χ1n) is 13.3. The van der Waals surface area contributed by atoms with Gasteiger partial charge in [-0.15, -0.1) is 0 Å². The number of halogens is 1. The number of carboxylic acid groups (broad SMARTS) is 1. The van der Waals surface area contributed by atoms with Crippen molar-refractivity contribution in [2.45, 2.75) is 89.2 Å². The first-order valence-corrected chi connectivity index (χ1v) is 13.3. The molecule has 0 aromatic rings. The molecular weight excluding hydrogens is 453 g/mol. The highest BCUT2D eigenvalue weighted by molar-refractivity contribution is 5.77. The van der Waals surface area contributed by atoms with E-state index in [9.17, 15) is 19.4 Å². The van der Waals surface area contributed by atoms with E-state index >= 15 is 0 Å². The van der Waals surface area contributed by atoms with E-state index in [2.05, 4.69) is 27.8 Å². The summed E-state index contributed by atoms with van der Waals surface area (Å²) in [4.78, 5) is 13.7. The lowest BCUT2D eigenvalue weighted by Crippen LogP contribution is -2.68. The minimum absolute atomic E-state index is 0.0440. The molecule has 202 valence electrons. The number of aliphatic hydroxyl groups excluding tert-OH is 1. The third-order valence-corrected chi connectivity index (χ3v) is 8.01. The van der Waals surface area contributed by atoms with Gasteiger partial charge in [0, 0.05) is 38.5 Å². The number of likely N-dealkylation sites (tertiary alicyclic amines) is 1. The van der Waals surface area contributed by atoms with E-state index in [-0.39, 0.29) is 37.3 Å². The van der Waals surface area contributed by atoms with Gasteiger partial charge in [-0.05, 0) is 45.3 Å². The smallest absolute Gasteiger partial charge is 0.306 e. The van der Waals surface area contributed by atoms with E-state index < -0.39 is 30.5 Å². The van der Waals surface area contributed by atoms with E-state index in [1.54, 1.807) is 0 Å². The molecule has 10 nitrogen and oxygen atoms in total. The van der Waals surface area contributed by atoms with Crippen LogP contribution in [0.25, 0.3) is 0 Å². The molecule has 0 spiro atoms. The second-order valence-corrected chi connectivity index (χ2v) is 10.5. The molecule has 3 saturated heterocycles. The summed E-state index contributed by atoms with van der Waals surface area (Å²) in [5.41, 5.74) is 13.5. The van der Waals surface area contributed by atoms with Crippen LogP contribution in [0.5, 0.6) is 0 Å². The number of nitrogens with two attached hydrogens (primary N) is 2. The number of carbonyl (C=O) groups is 1. The largest absolute Gasteiger partial charge is 0.481 e. The second-order valence-electron chi connectivity index (χ2n) is 10.5. The Kier molecular flexibility index (Phi) is 10.8. The number of carboxylic acids is 1. The number of aliphatic hydroxyl groups is 1. The molecule has 35 heavy (non-hydrogen) atoms. The molecule has 11 heteroatoms. The van der Waals surface area contributed by atoms with Gasteiger partial charge in [-0.1, -0.05) is 13.3 Å². The van der Waals surface area contributed by atoms with Crippen molar-refractivity contribution in [3.8, 4) is 0 Å². The van der Waals surface area contributed by atoms with Crippen LogP contribution in [0.2, 0.25) is 0 Å². The topological polar surface area (TPSA) is 152 Å². The zero-order chi connectivity index (χ0) is 25.5. The Hall–Kier alpha value is -1.21. The molecule has 3 aliphatic heterocycles. The summed E-state index contributed by atoms with van der Waals surface area (Å²) in [7, 11) is 0. The quantitative estimate of drug-likeness (QED) is 0.151. The molecule has 0 aliphatic carbocycles. The Labute approximate surface area is 208 Å². The fourth-order valence-corrected chi connectivity index (χ4v) is 5.92. The molecule has 3 aliphatic rings. The first kappa shape index (κ1) is 28.4. The van der Waals surface area contributed by atoms with Crippen molar-refractivity contribution >= 4 is 11.7 Å². The maximum Gasteiger partial charge on any atom is 0.306 e. The van der Waals surface area contributed by atoms with E-state index in [0.717, 1.165) is 51.0 Å². The minimum atomic E-state index is -0.997. The van der Waals surface area contributed by atoms with Crippen LogP contribution < -0.4 is 27.4 Å². The maximum atomic E-state index is 14.4. The van der Waals surface area contributed by atoms with Crippen LogP contribution in [-0.2, 0) is 4.79 Å². The fourth-order valence-electron chi connectivity index (χ4n) is 5.92. The highest BCUT2D eigenvalue weighted by atomic mass is 19.1. The summed E-state index contributed by atoms with van der Waals surface area (Å²) in [6, 6.07) is 0.135. The fraction of sp³-hybridized carbons (Fsp3) is 0.917. The number of hydrogen-bond donors (Lipinski definition) is 7. The van der Waals surface area contributed by atoms with Gasteiger partial charge in [-0.3, -0.25) is 20.3 Å². The lowest BCUT2D eigenvalue weighted by Gasteiger charge is -2.45. The van der Waals surface area contributed by atoms with E-state index in [0.29, 0.717) is 19.4 Å². The zero-order valence-corrected chi connectivity index (χ0v) is 21.3. The third kappa shape index (κ3) is 7.41. The molecule has 3 fully saturated rings. The summed E-state index contributed by atoms with van der Waals surface area (Å²) in [5.74, 6) is -1.55. The third-order valence-electron chi connectivity index (χ3n) is 8.01. The molecule has 3 rings (SSSR count). The van der Waals surface area contributed by atoms with E-state index in [1.807, 2.05) is 11.5 Å². The Balaban J connectivity index is 1.73. The van der Waals surface area contributed by atoms with Crippen LogP contribution in [0.3, 0.4) is 0 Å². The van der Waals surface area contributed by atoms with Gasteiger partial charge in [0.1, 0.15) is 12.1 Å². The van der Waals surface area contributed by atoms with Gasteiger partial charge >= 0.3 is 5.97 Å². The summed E-state index contributed by atoms with van der Waals surface area (Å²) >= 11 is 0. The van der Waals surface area contributed by atoms with Gasteiger partial charge in [-0.2, -0.15) is 0 Å². The molecule has 0 aromatic carbocycles. The van der Waals surface area contributed by atoms with E-state index in [1.165, 1.54) is 0 Å². The van der Waals surface area contributed by atoms with Crippen LogP contribution >= 0.6 is 0 Å². The average molecular weight is 501 g/mol. The normalized spacial score (nSPS) is 32.4. The molecule has 0 aromatic heterocycles. The Morgan fingerprint density at radius 3 is 2.60 bits per heavy atom. The summed E-state index contributed by atoms with van der Waals surface area (Å²) in [6.07, 6.45) is 1.94. The molecule has 0 saturated carbocycles. The standard InChI is InChI=1S/C24H46FN7O3/c1-3-4-5-15(2)32-14-17(25)12-29-22(32)20(21(26)27)23(33)30-18-13-28-9-6-19(18)31-10-7-16(8-11-31)24(34)35/h16-23,28-30,33H,3-14,26-27H2,1-2H3/p+1. The van der Waals surface area contributed by atoms with E-state index in [4.69, 9.17) is 11.5 Å². The van der Waals surface area contributed by atoms with Gasteiger partial charge in [0.2, 0.25) is 6.17 Å². The Bertz CT molecular complexity index is 717. The van der Waals surface area contributed by atoms with Crippen LogP contribution in [0.4, 0.5) is 4.39 Å². The molecule has 0 radical (unpaired) electrons. The molecular formula is C24H47FN7O3+. The van der Waals surface area contributed by atoms with Crippen molar-refractivity contribution in [2.75, 3.05) is 39.3 Å². The predicted molar refractivity (Wildman–Crippen MR) is 134 cm³/mol. The van der Waals surface area contributed by atoms with Crippen LogP contribution in [0.15, 0.2) is 0 Å². The summed E-state index contributed by atoms with van der Waals surface area (Å²) < 4.78 is 16.4. The number of rotatable bonds is 10. The van der Waals surface area contributed by atoms with Crippen LogP contribution in [-0.4, -0.2) is 107 Å². The predicted octanol–water partition coefficient (Wildman–Crippen LogP) is -0.788. The molecule has 3 heterocycles. The van der Waals surface area contributed by atoms with Crippen LogP contribution in [0, 0.1) is 11.8 Å². The average Bonchev–Trinajstić information content (AvgIpc) is 2.83. The molecule has 0 bridgehead atoms. The summed E-state index contributed by atoms with van der Waals surface area (Å²) in [6.45, 7) is 7.63. The van der Waals surface area contributed by atoms with Crippen molar-refractivity contribution in [2.24, 2.45) is 23.3 Å². The number of hydrogen-bond acceptors (Lipinski definition) is 8. The first-order chi connectivity index (χ1) is 16.7. The Morgan fingerprint density at radius 1 is 1.26 bits per heavy atom. The van der Waals surface area contributed by atoms with Gasteiger partial charge in [0.05, 0.1) is 12.1 Å². The number of unbranched alkanes of at least 4 members (excludes halogenated alkanes) is 1. The molecule has 6 unspecified atom stereocenters. The van der Waals surface area contributed by atoms with Crippen molar-refractivity contribution in [3.05, 3.63) is 0 Å². The maximum absolute atomic E-state index is 14.4. The highest BCUT2D eigenvalue weighted by Crippen LogP contribution is 2.24. The number of aliphatic carboxylic acids is 1. The monoisotopic (exact) mass is 500 g/mol. The molecule has 0 amide bonds. The SMILES string of the molecule is CCCCC(C)=[N+]1CC(F)CNC1C(C(N)N)C(O)NC1CNCCC1N1CCC(C(=O)O)CC1. The lowest BCUT2D eigenvalue weighted by molar-refractivity contribution is -0.600. The van der Waals surface area contributed by atoms with Crippen molar-refractivity contribution in [3.63, 3.8) is 0 Å². The number of nitrogens with zero attached hydrogens (tertiary/aromatic N) is 2.